The average Bonchev–Trinajstić information content (AvgIpc) is 3.37. The van der Waals surface area contributed by atoms with Gasteiger partial charge >= 0.3 is 0 Å². The number of hydrogen-bond donors (Lipinski definition) is 1. The molecule has 0 aliphatic carbocycles. The number of aryl methyl sites for hydroxylation is 1. The average molecular weight is 427 g/mol. The van der Waals surface area contributed by atoms with Gasteiger partial charge in [-0.15, -0.1) is 11.3 Å². The molecule has 1 saturated heterocycles. The third kappa shape index (κ3) is 3.67. The summed E-state index contributed by atoms with van der Waals surface area (Å²) in [7, 11) is 0. The molecule has 160 valence electrons. The molecular formula is C23H30N4O2S. The predicted octanol–water partition coefficient (Wildman–Crippen LogP) is 5.02. The van der Waals surface area contributed by atoms with Crippen LogP contribution in [-0.4, -0.2) is 39.8 Å². The van der Waals surface area contributed by atoms with Crippen molar-refractivity contribution in [3.05, 3.63) is 23.1 Å². The van der Waals surface area contributed by atoms with E-state index in [2.05, 4.69) is 31.1 Å². The van der Waals surface area contributed by atoms with E-state index in [0.29, 0.717) is 6.61 Å². The van der Waals surface area contributed by atoms with E-state index in [4.69, 9.17) is 19.4 Å². The van der Waals surface area contributed by atoms with Crippen LogP contribution in [0.2, 0.25) is 0 Å². The van der Waals surface area contributed by atoms with Gasteiger partial charge in [0, 0.05) is 36.2 Å². The maximum Gasteiger partial charge on any atom is 0.147 e. The lowest BCUT2D eigenvalue weighted by atomic mass is 9.88. The molecule has 5 rings (SSSR count). The number of anilines is 1. The second kappa shape index (κ2) is 8.02. The topological polar surface area (TPSA) is 69.2 Å². The van der Waals surface area contributed by atoms with E-state index in [1.807, 2.05) is 0 Å². The molecule has 3 aromatic heterocycles. The zero-order valence-electron chi connectivity index (χ0n) is 18.1. The van der Waals surface area contributed by atoms with Gasteiger partial charge in [-0.25, -0.2) is 15.0 Å². The van der Waals surface area contributed by atoms with Gasteiger partial charge in [-0.3, -0.25) is 0 Å². The molecule has 0 radical (unpaired) electrons. The van der Waals surface area contributed by atoms with Crippen LogP contribution in [0, 0.1) is 0 Å². The molecule has 5 heterocycles. The van der Waals surface area contributed by atoms with Gasteiger partial charge < -0.3 is 14.8 Å². The summed E-state index contributed by atoms with van der Waals surface area (Å²) in [5.41, 5.74) is 4.69. The van der Waals surface area contributed by atoms with Gasteiger partial charge in [-0.1, -0.05) is 13.3 Å². The van der Waals surface area contributed by atoms with Gasteiger partial charge in [0.15, 0.2) is 0 Å². The highest BCUT2D eigenvalue weighted by Crippen LogP contribution is 2.42. The summed E-state index contributed by atoms with van der Waals surface area (Å²) in [6, 6.07) is 0. The Morgan fingerprint density at radius 1 is 1.27 bits per heavy atom. The number of pyridine rings is 1. The SMILES string of the molecule is CCCCc1nc2sc3c(NC[C@H]4CCCO4)ncnc3c2c2c1COC(C)(C)C2. The number of aromatic nitrogens is 3. The zero-order chi connectivity index (χ0) is 20.7. The van der Waals surface area contributed by atoms with Gasteiger partial charge in [0.25, 0.3) is 0 Å². The van der Waals surface area contributed by atoms with Crippen LogP contribution in [0.4, 0.5) is 5.82 Å². The first-order valence-electron chi connectivity index (χ1n) is 11.1. The summed E-state index contributed by atoms with van der Waals surface area (Å²) >= 11 is 1.71. The molecule has 2 aliphatic rings. The van der Waals surface area contributed by atoms with Crippen LogP contribution in [0.1, 0.15) is 63.3 Å². The molecule has 0 spiro atoms. The lowest BCUT2D eigenvalue weighted by Gasteiger charge is -2.33. The number of nitrogens with zero attached hydrogens (tertiary/aromatic N) is 3. The number of unbranched alkanes of at least 4 members (excludes halogenated alkanes) is 1. The van der Waals surface area contributed by atoms with Crippen molar-refractivity contribution in [1.82, 2.24) is 15.0 Å². The minimum absolute atomic E-state index is 0.175. The van der Waals surface area contributed by atoms with Gasteiger partial charge in [0.05, 0.1) is 28.5 Å². The van der Waals surface area contributed by atoms with Crippen LogP contribution in [-0.2, 0) is 28.9 Å². The first-order valence-corrected chi connectivity index (χ1v) is 11.9. The standard InChI is InChI=1S/C23H30N4O2S/c1-4-5-8-17-16-12-29-23(2,3)10-15(16)18-19-20(30-22(18)27-17)21(26-13-25-19)24-11-14-7-6-9-28-14/h13-14H,4-12H2,1-3H3,(H,24,25,26)/t14-/m1/s1. The van der Waals surface area contributed by atoms with Crippen LogP contribution in [0.5, 0.6) is 0 Å². The molecule has 7 heteroatoms. The molecule has 30 heavy (non-hydrogen) atoms. The van der Waals surface area contributed by atoms with E-state index in [9.17, 15) is 0 Å². The Bertz CT molecular complexity index is 1070. The molecule has 1 atom stereocenters. The quantitative estimate of drug-likeness (QED) is 0.597. The molecular weight excluding hydrogens is 396 g/mol. The van der Waals surface area contributed by atoms with E-state index < -0.39 is 0 Å². The molecule has 0 bridgehead atoms. The Balaban J connectivity index is 1.62. The van der Waals surface area contributed by atoms with E-state index >= 15 is 0 Å². The van der Waals surface area contributed by atoms with Crippen LogP contribution < -0.4 is 5.32 Å². The van der Waals surface area contributed by atoms with Crippen molar-refractivity contribution in [3.8, 4) is 0 Å². The second-order valence-corrected chi connectivity index (χ2v) is 10.0. The minimum atomic E-state index is -0.175. The molecule has 1 fully saturated rings. The van der Waals surface area contributed by atoms with Crippen LogP contribution in [0.15, 0.2) is 6.33 Å². The molecule has 6 nitrogen and oxygen atoms in total. The van der Waals surface area contributed by atoms with Crippen LogP contribution in [0.25, 0.3) is 20.4 Å². The summed E-state index contributed by atoms with van der Waals surface area (Å²) in [4.78, 5) is 15.4. The molecule has 0 unspecified atom stereocenters. The molecule has 3 aromatic rings. The molecule has 0 amide bonds. The van der Waals surface area contributed by atoms with Crippen LogP contribution in [0.3, 0.4) is 0 Å². The van der Waals surface area contributed by atoms with Crippen molar-refractivity contribution in [3.63, 3.8) is 0 Å². The van der Waals surface area contributed by atoms with E-state index in [-0.39, 0.29) is 11.7 Å². The number of nitrogens with one attached hydrogen (secondary N) is 1. The van der Waals surface area contributed by atoms with Crippen molar-refractivity contribution in [2.75, 3.05) is 18.5 Å². The van der Waals surface area contributed by atoms with Crippen molar-refractivity contribution in [1.29, 1.82) is 0 Å². The Hall–Kier alpha value is -1.83. The minimum Gasteiger partial charge on any atom is -0.376 e. The molecule has 2 aliphatic heterocycles. The lowest BCUT2D eigenvalue weighted by molar-refractivity contribution is -0.0401. The van der Waals surface area contributed by atoms with E-state index in [1.54, 1.807) is 17.7 Å². The fourth-order valence-corrected chi connectivity index (χ4v) is 5.71. The Morgan fingerprint density at radius 3 is 2.97 bits per heavy atom. The summed E-state index contributed by atoms with van der Waals surface area (Å²) < 4.78 is 13.0. The Morgan fingerprint density at radius 2 is 2.17 bits per heavy atom. The highest BCUT2D eigenvalue weighted by Gasteiger charge is 2.31. The Labute approximate surface area is 181 Å². The molecule has 0 saturated carbocycles. The molecule has 1 N–H and O–H groups in total. The van der Waals surface area contributed by atoms with Crippen LogP contribution >= 0.6 is 11.3 Å². The van der Waals surface area contributed by atoms with Gasteiger partial charge in [-0.05, 0) is 45.1 Å². The van der Waals surface area contributed by atoms with Crippen molar-refractivity contribution in [2.24, 2.45) is 0 Å². The monoisotopic (exact) mass is 426 g/mol. The molecule has 0 aromatic carbocycles. The summed E-state index contributed by atoms with van der Waals surface area (Å²) in [5.74, 6) is 0.897. The summed E-state index contributed by atoms with van der Waals surface area (Å²) in [6.07, 6.45) is 8.39. The van der Waals surface area contributed by atoms with Crippen molar-refractivity contribution in [2.45, 2.75) is 77.6 Å². The lowest BCUT2D eigenvalue weighted by Crippen LogP contribution is -2.32. The fourth-order valence-electron chi connectivity index (χ4n) is 4.57. The number of ether oxygens (including phenoxy) is 2. The van der Waals surface area contributed by atoms with E-state index in [0.717, 1.165) is 72.5 Å². The van der Waals surface area contributed by atoms with Gasteiger partial charge in [-0.2, -0.15) is 0 Å². The normalized spacial score (nSPS) is 20.7. The van der Waals surface area contributed by atoms with E-state index in [1.165, 1.54) is 22.2 Å². The maximum absolute atomic E-state index is 6.17. The largest absolute Gasteiger partial charge is 0.376 e. The highest BCUT2D eigenvalue weighted by molar-refractivity contribution is 7.26. The smallest absolute Gasteiger partial charge is 0.147 e. The third-order valence-electron chi connectivity index (χ3n) is 6.20. The highest BCUT2D eigenvalue weighted by atomic mass is 32.1. The third-order valence-corrected chi connectivity index (χ3v) is 7.28. The fraction of sp³-hybridized carbons (Fsp3) is 0.609. The number of thiophene rings is 1. The number of hydrogen-bond acceptors (Lipinski definition) is 7. The maximum atomic E-state index is 6.17. The van der Waals surface area contributed by atoms with Gasteiger partial charge in [0.2, 0.25) is 0 Å². The Kier molecular flexibility index (Phi) is 5.37. The van der Waals surface area contributed by atoms with Gasteiger partial charge in [0.1, 0.15) is 17.0 Å². The first-order chi connectivity index (χ1) is 14.6. The first kappa shape index (κ1) is 20.1. The summed E-state index contributed by atoms with van der Waals surface area (Å²) in [6.45, 7) is 8.86. The number of rotatable bonds is 6. The predicted molar refractivity (Wildman–Crippen MR) is 121 cm³/mol. The second-order valence-electron chi connectivity index (χ2n) is 9.04. The van der Waals surface area contributed by atoms with Crippen molar-refractivity contribution >= 4 is 37.6 Å². The zero-order valence-corrected chi connectivity index (χ0v) is 18.9. The number of fused-ring (bicyclic) bond motifs is 5. The summed E-state index contributed by atoms with van der Waals surface area (Å²) in [5, 5.41) is 4.72. The van der Waals surface area contributed by atoms with Crippen molar-refractivity contribution < 1.29 is 9.47 Å².